The Balaban J connectivity index is 2.00. The topological polar surface area (TPSA) is 29.9 Å². The van der Waals surface area contributed by atoms with Crippen molar-refractivity contribution in [3.05, 3.63) is 16.4 Å². The summed E-state index contributed by atoms with van der Waals surface area (Å²) >= 11 is 6.42. The third-order valence-electron chi connectivity index (χ3n) is 4.79. The molecule has 0 aromatic carbocycles. The van der Waals surface area contributed by atoms with Gasteiger partial charge in [-0.05, 0) is 25.8 Å². The molecule has 120 valence electrons. The molecule has 1 aliphatic rings. The Morgan fingerprint density at radius 3 is 2.48 bits per heavy atom. The van der Waals surface area contributed by atoms with Crippen LogP contribution >= 0.6 is 11.6 Å². The highest BCUT2D eigenvalue weighted by Crippen LogP contribution is 2.28. The molecule has 1 unspecified atom stereocenters. The highest BCUT2D eigenvalue weighted by Gasteiger charge is 2.21. The first-order valence-electron chi connectivity index (χ1n) is 8.53. The largest absolute Gasteiger partial charge is 0.314 e. The Hall–Kier alpha value is -0.540. The van der Waals surface area contributed by atoms with Gasteiger partial charge in [0.2, 0.25) is 0 Å². The van der Waals surface area contributed by atoms with E-state index in [-0.39, 0.29) is 0 Å². The molecule has 0 spiro atoms. The number of halogens is 1. The zero-order valence-electron chi connectivity index (χ0n) is 13.8. The Morgan fingerprint density at radius 2 is 1.95 bits per heavy atom. The van der Waals surface area contributed by atoms with E-state index in [4.69, 9.17) is 11.6 Å². The molecule has 1 heterocycles. The van der Waals surface area contributed by atoms with Crippen molar-refractivity contribution in [2.45, 2.75) is 71.3 Å². The molecule has 0 aliphatic heterocycles. The van der Waals surface area contributed by atoms with Crippen molar-refractivity contribution in [2.24, 2.45) is 13.0 Å². The molecule has 0 saturated heterocycles. The lowest BCUT2D eigenvalue weighted by atomic mass is 9.90. The van der Waals surface area contributed by atoms with Gasteiger partial charge in [0.15, 0.2) is 0 Å². The Labute approximate surface area is 134 Å². The summed E-state index contributed by atoms with van der Waals surface area (Å²) in [6.07, 6.45) is 10.7. The van der Waals surface area contributed by atoms with Crippen LogP contribution in [0.5, 0.6) is 0 Å². The van der Waals surface area contributed by atoms with E-state index in [1.165, 1.54) is 50.6 Å². The van der Waals surface area contributed by atoms with E-state index in [1.807, 2.05) is 18.7 Å². The second kappa shape index (κ2) is 8.19. The molecule has 2 rings (SSSR count). The van der Waals surface area contributed by atoms with Gasteiger partial charge >= 0.3 is 0 Å². The lowest BCUT2D eigenvalue weighted by Gasteiger charge is -2.23. The number of hydrogen-bond donors (Lipinski definition) is 1. The number of hydrogen-bond acceptors (Lipinski definition) is 2. The fourth-order valence-corrected chi connectivity index (χ4v) is 3.90. The lowest BCUT2D eigenvalue weighted by molar-refractivity contribution is 0.349. The molecule has 21 heavy (non-hydrogen) atoms. The van der Waals surface area contributed by atoms with Gasteiger partial charge < -0.3 is 5.32 Å². The summed E-state index contributed by atoms with van der Waals surface area (Å²) in [4.78, 5) is 0. The molecule has 1 N–H and O–H groups in total. The summed E-state index contributed by atoms with van der Waals surface area (Å²) in [5.41, 5.74) is 2.12. The third kappa shape index (κ3) is 4.72. The Morgan fingerprint density at radius 1 is 1.29 bits per heavy atom. The van der Waals surface area contributed by atoms with Gasteiger partial charge in [0, 0.05) is 19.5 Å². The first-order chi connectivity index (χ1) is 10.1. The fraction of sp³-hybridized carbons (Fsp3) is 0.824. The average molecular weight is 312 g/mol. The zero-order chi connectivity index (χ0) is 15.2. The monoisotopic (exact) mass is 311 g/mol. The molecule has 3 nitrogen and oxygen atoms in total. The van der Waals surface area contributed by atoms with Crippen molar-refractivity contribution < 1.29 is 0 Å². The molecular formula is C17H30ClN3. The van der Waals surface area contributed by atoms with E-state index in [2.05, 4.69) is 17.3 Å². The van der Waals surface area contributed by atoms with Gasteiger partial charge in [0.1, 0.15) is 0 Å². The number of nitrogens with zero attached hydrogens (tertiary/aromatic N) is 2. The summed E-state index contributed by atoms with van der Waals surface area (Å²) in [7, 11) is 2.00. The summed E-state index contributed by atoms with van der Waals surface area (Å²) in [5.74, 6) is 0.879. The first-order valence-corrected chi connectivity index (χ1v) is 8.91. The van der Waals surface area contributed by atoms with Crippen LogP contribution in [0.25, 0.3) is 0 Å². The molecular weight excluding hydrogens is 282 g/mol. The Kier molecular flexibility index (Phi) is 6.56. The zero-order valence-corrected chi connectivity index (χ0v) is 14.5. The summed E-state index contributed by atoms with van der Waals surface area (Å²) in [5, 5.41) is 8.95. The summed E-state index contributed by atoms with van der Waals surface area (Å²) in [6.45, 7) is 5.20. The van der Waals surface area contributed by atoms with Crippen LogP contribution in [0.2, 0.25) is 5.02 Å². The van der Waals surface area contributed by atoms with Gasteiger partial charge in [-0.25, -0.2) is 0 Å². The summed E-state index contributed by atoms with van der Waals surface area (Å²) in [6, 6.07) is 0.519. The number of likely N-dealkylation sites (N-methyl/N-ethyl adjacent to an activating group) is 1. The van der Waals surface area contributed by atoms with Crippen LogP contribution in [0, 0.1) is 12.8 Å². The Bertz CT molecular complexity index is 433. The molecule has 4 heteroatoms. The second-order valence-electron chi connectivity index (χ2n) is 6.52. The minimum Gasteiger partial charge on any atom is -0.314 e. The normalized spacial score (nSPS) is 18.7. The molecule has 1 aromatic rings. The van der Waals surface area contributed by atoms with Crippen LogP contribution in [0.1, 0.15) is 63.3 Å². The van der Waals surface area contributed by atoms with Crippen LogP contribution in [-0.4, -0.2) is 22.4 Å². The van der Waals surface area contributed by atoms with Crippen LogP contribution in [-0.2, 0) is 13.5 Å². The van der Waals surface area contributed by atoms with Crippen LogP contribution in [0.4, 0.5) is 0 Å². The maximum absolute atomic E-state index is 6.42. The maximum Gasteiger partial charge on any atom is 0.0847 e. The molecule has 1 saturated carbocycles. The molecule has 1 aliphatic carbocycles. The second-order valence-corrected chi connectivity index (χ2v) is 6.90. The quantitative estimate of drug-likeness (QED) is 0.795. The van der Waals surface area contributed by atoms with Crippen molar-refractivity contribution in [3.8, 4) is 0 Å². The first kappa shape index (κ1) is 16.8. The molecule has 0 bridgehead atoms. The predicted molar refractivity (Wildman–Crippen MR) is 89.9 cm³/mol. The smallest absolute Gasteiger partial charge is 0.0847 e. The van der Waals surface area contributed by atoms with Crippen molar-refractivity contribution in [2.75, 3.05) is 6.54 Å². The average Bonchev–Trinajstić information content (AvgIpc) is 2.66. The number of aromatic nitrogens is 2. The molecule has 0 radical (unpaired) electrons. The van der Waals surface area contributed by atoms with E-state index in [9.17, 15) is 0 Å². The molecule has 1 atom stereocenters. The standard InChI is InChI=1S/C17H30ClN3/c1-4-19-15(11-14-9-7-5-6-8-10-14)12-16-17(18)13(2)20-21(16)3/h14-15,19H,4-12H2,1-3H3. The van der Waals surface area contributed by atoms with Crippen molar-refractivity contribution in [3.63, 3.8) is 0 Å². The van der Waals surface area contributed by atoms with E-state index >= 15 is 0 Å². The van der Waals surface area contributed by atoms with Gasteiger partial charge in [-0.3, -0.25) is 4.68 Å². The van der Waals surface area contributed by atoms with Gasteiger partial charge in [-0.15, -0.1) is 0 Å². The van der Waals surface area contributed by atoms with Gasteiger partial charge in [0.25, 0.3) is 0 Å². The van der Waals surface area contributed by atoms with Crippen molar-refractivity contribution in [1.82, 2.24) is 15.1 Å². The fourth-order valence-electron chi connectivity index (χ4n) is 3.66. The van der Waals surface area contributed by atoms with Crippen LogP contribution in [0.3, 0.4) is 0 Å². The van der Waals surface area contributed by atoms with Crippen LogP contribution in [0.15, 0.2) is 0 Å². The molecule has 1 fully saturated rings. The number of aryl methyl sites for hydroxylation is 2. The minimum atomic E-state index is 0.519. The van der Waals surface area contributed by atoms with E-state index < -0.39 is 0 Å². The molecule has 0 amide bonds. The van der Waals surface area contributed by atoms with Crippen molar-refractivity contribution >= 4 is 11.6 Å². The third-order valence-corrected chi connectivity index (χ3v) is 5.28. The maximum atomic E-state index is 6.42. The highest BCUT2D eigenvalue weighted by atomic mass is 35.5. The summed E-state index contributed by atoms with van der Waals surface area (Å²) < 4.78 is 1.95. The SMILES string of the molecule is CCNC(Cc1c(Cl)c(C)nn1C)CC1CCCCCC1. The van der Waals surface area contributed by atoms with Gasteiger partial charge in [0.05, 0.1) is 16.4 Å². The highest BCUT2D eigenvalue weighted by molar-refractivity contribution is 6.31. The van der Waals surface area contributed by atoms with Crippen LogP contribution < -0.4 is 5.32 Å². The van der Waals surface area contributed by atoms with E-state index in [1.54, 1.807) is 0 Å². The number of rotatable bonds is 6. The number of nitrogens with one attached hydrogen (secondary N) is 1. The lowest BCUT2D eigenvalue weighted by Crippen LogP contribution is -2.33. The van der Waals surface area contributed by atoms with E-state index in [0.29, 0.717) is 6.04 Å². The van der Waals surface area contributed by atoms with Gasteiger partial charge in [-0.2, -0.15) is 5.10 Å². The van der Waals surface area contributed by atoms with Crippen molar-refractivity contribution in [1.29, 1.82) is 0 Å². The van der Waals surface area contributed by atoms with E-state index in [0.717, 1.165) is 29.6 Å². The van der Waals surface area contributed by atoms with Gasteiger partial charge in [-0.1, -0.05) is 57.0 Å². The predicted octanol–water partition coefficient (Wildman–Crippen LogP) is 4.26. The minimum absolute atomic E-state index is 0.519. The molecule has 1 aromatic heterocycles.